The third-order valence-corrected chi connectivity index (χ3v) is 1.96. The average molecular weight is 204 g/mol. The molecule has 15 heavy (non-hydrogen) atoms. The Morgan fingerprint density at radius 2 is 2.20 bits per heavy atom. The van der Waals surface area contributed by atoms with Crippen LogP contribution in [-0.2, 0) is 11.2 Å². The summed E-state index contributed by atoms with van der Waals surface area (Å²) in [5.74, 6) is 4.88. The van der Waals surface area contributed by atoms with E-state index in [1.54, 1.807) is 19.1 Å². The van der Waals surface area contributed by atoms with Gasteiger partial charge in [0.15, 0.2) is 0 Å². The molecule has 0 aromatic heterocycles. The van der Waals surface area contributed by atoms with Crippen LogP contribution in [0.2, 0.25) is 0 Å². The molecule has 3 heteroatoms. The number of hydrogen-bond donors (Lipinski definition) is 2. The molecule has 0 saturated carbocycles. The number of aliphatic carboxylic acids is 1. The second-order valence-electron chi connectivity index (χ2n) is 3.11. The highest BCUT2D eigenvalue weighted by atomic mass is 16.4. The van der Waals surface area contributed by atoms with E-state index in [4.69, 9.17) is 5.11 Å². The summed E-state index contributed by atoms with van der Waals surface area (Å²) in [7, 11) is 0. The Morgan fingerprint density at radius 1 is 1.47 bits per heavy atom. The zero-order valence-corrected chi connectivity index (χ0v) is 8.45. The Morgan fingerprint density at radius 3 is 2.80 bits per heavy atom. The van der Waals surface area contributed by atoms with Crippen molar-refractivity contribution in [2.75, 3.05) is 0 Å². The quantitative estimate of drug-likeness (QED) is 0.738. The molecule has 0 aliphatic heterocycles. The predicted molar refractivity (Wildman–Crippen MR) is 56.6 cm³/mol. The van der Waals surface area contributed by atoms with Crippen LogP contribution in [0.15, 0.2) is 18.2 Å². The van der Waals surface area contributed by atoms with E-state index in [9.17, 15) is 9.90 Å². The number of benzene rings is 1. The summed E-state index contributed by atoms with van der Waals surface area (Å²) in [6, 6.07) is 4.80. The molecule has 1 aromatic rings. The zero-order chi connectivity index (χ0) is 11.3. The first-order chi connectivity index (χ1) is 7.13. The molecule has 0 bridgehead atoms. The summed E-state index contributed by atoms with van der Waals surface area (Å²) in [5.41, 5.74) is 1.54. The van der Waals surface area contributed by atoms with Gasteiger partial charge in [-0.25, -0.2) is 0 Å². The van der Waals surface area contributed by atoms with Crippen molar-refractivity contribution < 1.29 is 15.0 Å². The van der Waals surface area contributed by atoms with Crippen molar-refractivity contribution in [2.24, 2.45) is 0 Å². The first kappa shape index (κ1) is 11.1. The standard InChI is InChI=1S/C12H12O3/c1-2-3-10-8-11(13)6-4-9(10)5-7-12(14)15/h4,6,8,13H,5,7H2,1H3,(H,14,15). The molecule has 2 N–H and O–H groups in total. The summed E-state index contributed by atoms with van der Waals surface area (Å²) in [6.45, 7) is 1.70. The SMILES string of the molecule is CC#Cc1cc(O)ccc1CCC(=O)O. The molecule has 0 unspecified atom stereocenters. The molecular formula is C12H12O3. The Kier molecular flexibility index (Phi) is 3.75. The van der Waals surface area contributed by atoms with Gasteiger partial charge in [0.2, 0.25) is 0 Å². The van der Waals surface area contributed by atoms with Crippen molar-refractivity contribution >= 4 is 5.97 Å². The van der Waals surface area contributed by atoms with Crippen molar-refractivity contribution in [3.63, 3.8) is 0 Å². The van der Waals surface area contributed by atoms with Crippen LogP contribution in [0.3, 0.4) is 0 Å². The number of phenols is 1. The van der Waals surface area contributed by atoms with Crippen LogP contribution in [0.5, 0.6) is 5.75 Å². The van der Waals surface area contributed by atoms with Gasteiger partial charge in [-0.3, -0.25) is 4.79 Å². The van der Waals surface area contributed by atoms with Crippen LogP contribution in [-0.4, -0.2) is 16.2 Å². The summed E-state index contributed by atoms with van der Waals surface area (Å²) in [5, 5.41) is 17.8. The minimum absolute atomic E-state index is 0.0726. The molecule has 3 nitrogen and oxygen atoms in total. The molecule has 1 aromatic carbocycles. The Bertz CT molecular complexity index is 424. The van der Waals surface area contributed by atoms with E-state index in [1.165, 1.54) is 6.07 Å². The van der Waals surface area contributed by atoms with Crippen molar-refractivity contribution in [2.45, 2.75) is 19.8 Å². The lowest BCUT2D eigenvalue weighted by Crippen LogP contribution is -1.99. The molecule has 0 amide bonds. The number of carboxylic acid groups (broad SMARTS) is 1. The molecule has 0 heterocycles. The maximum absolute atomic E-state index is 10.4. The fourth-order valence-corrected chi connectivity index (χ4v) is 1.28. The van der Waals surface area contributed by atoms with Crippen LogP contribution in [0.1, 0.15) is 24.5 Å². The highest BCUT2D eigenvalue weighted by molar-refractivity contribution is 5.67. The van der Waals surface area contributed by atoms with Gasteiger partial charge in [0.05, 0.1) is 0 Å². The van der Waals surface area contributed by atoms with E-state index < -0.39 is 5.97 Å². The van der Waals surface area contributed by atoms with Crippen molar-refractivity contribution in [1.29, 1.82) is 0 Å². The van der Waals surface area contributed by atoms with E-state index in [1.807, 2.05) is 0 Å². The van der Waals surface area contributed by atoms with Crippen molar-refractivity contribution in [1.82, 2.24) is 0 Å². The molecule has 0 aliphatic rings. The number of carboxylic acids is 1. The van der Waals surface area contributed by atoms with E-state index >= 15 is 0 Å². The normalized spacial score (nSPS) is 9.13. The lowest BCUT2D eigenvalue weighted by atomic mass is 10.0. The summed E-state index contributed by atoms with van der Waals surface area (Å²) in [4.78, 5) is 10.4. The fraction of sp³-hybridized carbons (Fsp3) is 0.250. The molecular weight excluding hydrogens is 192 g/mol. The Balaban J connectivity index is 2.93. The van der Waals surface area contributed by atoms with Gasteiger partial charge in [0, 0.05) is 12.0 Å². The molecule has 0 atom stereocenters. The Hall–Kier alpha value is -1.95. The molecule has 78 valence electrons. The maximum atomic E-state index is 10.4. The van der Waals surface area contributed by atoms with Crippen LogP contribution >= 0.6 is 0 Å². The zero-order valence-electron chi connectivity index (χ0n) is 8.45. The van der Waals surface area contributed by atoms with Crippen molar-refractivity contribution in [3.05, 3.63) is 29.3 Å². The molecule has 0 spiro atoms. The van der Waals surface area contributed by atoms with Gasteiger partial charge in [-0.05, 0) is 31.0 Å². The van der Waals surface area contributed by atoms with E-state index in [-0.39, 0.29) is 12.2 Å². The third-order valence-electron chi connectivity index (χ3n) is 1.96. The first-order valence-electron chi connectivity index (χ1n) is 4.60. The smallest absolute Gasteiger partial charge is 0.303 e. The lowest BCUT2D eigenvalue weighted by molar-refractivity contribution is -0.136. The predicted octanol–water partition coefficient (Wildman–Crippen LogP) is 1.78. The first-order valence-corrected chi connectivity index (χ1v) is 4.60. The van der Waals surface area contributed by atoms with E-state index in [0.29, 0.717) is 12.0 Å². The van der Waals surface area contributed by atoms with Crippen molar-refractivity contribution in [3.8, 4) is 17.6 Å². The number of aromatic hydroxyl groups is 1. The summed E-state index contributed by atoms with van der Waals surface area (Å²) in [6.07, 6.45) is 0.503. The van der Waals surface area contributed by atoms with Crippen LogP contribution in [0, 0.1) is 11.8 Å². The highest BCUT2D eigenvalue weighted by Crippen LogP contribution is 2.17. The number of carbonyl (C=O) groups is 1. The number of aryl methyl sites for hydroxylation is 1. The Labute approximate surface area is 88.4 Å². The number of hydrogen-bond acceptors (Lipinski definition) is 2. The van der Waals surface area contributed by atoms with Crippen LogP contribution in [0.4, 0.5) is 0 Å². The van der Waals surface area contributed by atoms with E-state index in [0.717, 1.165) is 5.56 Å². The fourth-order valence-electron chi connectivity index (χ4n) is 1.28. The summed E-state index contributed by atoms with van der Waals surface area (Å²) < 4.78 is 0. The van der Waals surface area contributed by atoms with Crippen LogP contribution in [0.25, 0.3) is 0 Å². The topological polar surface area (TPSA) is 57.5 Å². The number of phenolic OH excluding ortho intramolecular Hbond substituents is 1. The average Bonchev–Trinajstić information content (AvgIpc) is 2.17. The largest absolute Gasteiger partial charge is 0.508 e. The molecule has 0 radical (unpaired) electrons. The van der Waals surface area contributed by atoms with Gasteiger partial charge in [-0.1, -0.05) is 12.0 Å². The van der Waals surface area contributed by atoms with Gasteiger partial charge in [-0.15, -0.1) is 5.92 Å². The minimum Gasteiger partial charge on any atom is -0.508 e. The molecule has 0 saturated heterocycles. The molecule has 0 fully saturated rings. The van der Waals surface area contributed by atoms with Gasteiger partial charge in [0.25, 0.3) is 0 Å². The van der Waals surface area contributed by atoms with Crippen LogP contribution < -0.4 is 0 Å². The van der Waals surface area contributed by atoms with E-state index in [2.05, 4.69) is 11.8 Å². The number of rotatable bonds is 3. The van der Waals surface area contributed by atoms with Gasteiger partial charge >= 0.3 is 5.97 Å². The highest BCUT2D eigenvalue weighted by Gasteiger charge is 2.04. The maximum Gasteiger partial charge on any atom is 0.303 e. The van der Waals surface area contributed by atoms with Gasteiger partial charge < -0.3 is 10.2 Å². The minimum atomic E-state index is -0.835. The van der Waals surface area contributed by atoms with Gasteiger partial charge in [0.1, 0.15) is 5.75 Å². The lowest BCUT2D eigenvalue weighted by Gasteiger charge is -2.03. The monoisotopic (exact) mass is 204 g/mol. The third kappa shape index (κ3) is 3.35. The molecule has 0 aliphatic carbocycles. The summed E-state index contributed by atoms with van der Waals surface area (Å²) >= 11 is 0. The van der Waals surface area contributed by atoms with Gasteiger partial charge in [-0.2, -0.15) is 0 Å². The second-order valence-corrected chi connectivity index (χ2v) is 3.11. The second kappa shape index (κ2) is 5.06. The molecule has 1 rings (SSSR count).